The molecule has 0 aliphatic heterocycles. The first-order valence-corrected chi connectivity index (χ1v) is 6.38. The first-order valence-electron chi connectivity index (χ1n) is 5.98. The number of hydrogen-bond acceptors (Lipinski definition) is 2. The number of ether oxygens (including phenoxy) is 1. The van der Waals surface area contributed by atoms with Crippen LogP contribution in [0.1, 0.15) is 42.9 Å². The molecular formula is C14H21NOS. The summed E-state index contributed by atoms with van der Waals surface area (Å²) in [5, 5.41) is 0. The largest absolute Gasteiger partial charge is 0.493 e. The predicted octanol–water partition coefficient (Wildman–Crippen LogP) is 3.48. The molecule has 0 saturated heterocycles. The topological polar surface area (TPSA) is 35.2 Å². The summed E-state index contributed by atoms with van der Waals surface area (Å²) in [6, 6.07) is 4.31. The van der Waals surface area contributed by atoms with Gasteiger partial charge in [-0.15, -0.1) is 0 Å². The highest BCUT2D eigenvalue weighted by Gasteiger charge is 2.15. The van der Waals surface area contributed by atoms with Crippen molar-refractivity contribution in [3.63, 3.8) is 0 Å². The fourth-order valence-electron chi connectivity index (χ4n) is 2.11. The zero-order valence-electron chi connectivity index (χ0n) is 11.0. The second-order valence-electron chi connectivity index (χ2n) is 4.50. The summed E-state index contributed by atoms with van der Waals surface area (Å²) in [4.78, 5) is 0.555. The Labute approximate surface area is 109 Å². The van der Waals surface area contributed by atoms with Gasteiger partial charge in [0.1, 0.15) is 5.75 Å². The molecule has 3 heteroatoms. The van der Waals surface area contributed by atoms with Crippen molar-refractivity contribution in [1.82, 2.24) is 0 Å². The van der Waals surface area contributed by atoms with Gasteiger partial charge in [0, 0.05) is 6.42 Å². The van der Waals surface area contributed by atoms with E-state index in [0.717, 1.165) is 12.2 Å². The summed E-state index contributed by atoms with van der Waals surface area (Å²) in [5.74, 6) is 1.29. The fraction of sp³-hybridized carbons (Fsp3) is 0.500. The number of thiocarbonyl (C=S) groups is 1. The van der Waals surface area contributed by atoms with Gasteiger partial charge in [0.15, 0.2) is 0 Å². The molecule has 0 radical (unpaired) electrons. The van der Waals surface area contributed by atoms with Gasteiger partial charge in [0.05, 0.1) is 11.6 Å². The molecule has 0 fully saturated rings. The van der Waals surface area contributed by atoms with Gasteiger partial charge in [-0.3, -0.25) is 0 Å². The monoisotopic (exact) mass is 251 g/mol. The molecule has 94 valence electrons. The second kappa shape index (κ2) is 6.01. The Kier molecular flexibility index (Phi) is 4.94. The first-order chi connectivity index (χ1) is 7.95. The molecule has 0 bridgehead atoms. The van der Waals surface area contributed by atoms with E-state index in [1.54, 1.807) is 0 Å². The van der Waals surface area contributed by atoms with Gasteiger partial charge in [0.2, 0.25) is 0 Å². The number of hydrogen-bond donors (Lipinski definition) is 1. The van der Waals surface area contributed by atoms with E-state index in [2.05, 4.69) is 32.9 Å². The Hall–Kier alpha value is -1.09. The van der Waals surface area contributed by atoms with Crippen molar-refractivity contribution >= 4 is 17.2 Å². The van der Waals surface area contributed by atoms with Crippen LogP contribution >= 0.6 is 12.2 Å². The molecule has 1 aromatic rings. The lowest BCUT2D eigenvalue weighted by Crippen LogP contribution is -2.12. The van der Waals surface area contributed by atoms with Crippen LogP contribution in [0.2, 0.25) is 0 Å². The van der Waals surface area contributed by atoms with Crippen LogP contribution < -0.4 is 10.5 Å². The Balaban J connectivity index is 3.14. The third-order valence-corrected chi connectivity index (χ3v) is 2.94. The molecule has 1 rings (SSSR count). The van der Waals surface area contributed by atoms with Crippen molar-refractivity contribution in [3.05, 3.63) is 28.8 Å². The van der Waals surface area contributed by atoms with Gasteiger partial charge >= 0.3 is 0 Å². The normalized spacial score (nSPS) is 12.2. The van der Waals surface area contributed by atoms with Crippen LogP contribution in [0, 0.1) is 13.8 Å². The quantitative estimate of drug-likeness (QED) is 0.814. The van der Waals surface area contributed by atoms with Crippen LogP contribution in [0.25, 0.3) is 0 Å². The van der Waals surface area contributed by atoms with Crippen molar-refractivity contribution in [2.75, 3.05) is 6.61 Å². The number of rotatable bonds is 5. The summed E-state index contributed by atoms with van der Waals surface area (Å²) in [6.07, 6.45) is 0.721. The zero-order chi connectivity index (χ0) is 13.0. The minimum atomic E-state index is 0.299. The molecule has 1 atom stereocenters. The molecule has 0 spiro atoms. The third-order valence-electron chi connectivity index (χ3n) is 2.77. The highest BCUT2D eigenvalue weighted by molar-refractivity contribution is 7.80. The SMILES string of the molecule is CCOc1c(C)cc(C)cc1C(C)CC(N)=S. The number of nitrogens with two attached hydrogens (primary N) is 1. The van der Waals surface area contributed by atoms with Gasteiger partial charge in [0.25, 0.3) is 0 Å². The maximum absolute atomic E-state index is 5.74. The fourth-order valence-corrected chi connectivity index (χ4v) is 2.36. The summed E-state index contributed by atoms with van der Waals surface area (Å²) in [7, 11) is 0. The van der Waals surface area contributed by atoms with Crippen LogP contribution in [-0.2, 0) is 0 Å². The molecule has 0 saturated carbocycles. The molecule has 1 aromatic carbocycles. The Morgan fingerprint density at radius 3 is 2.59 bits per heavy atom. The van der Waals surface area contributed by atoms with Gasteiger partial charge in [-0.2, -0.15) is 0 Å². The Morgan fingerprint density at radius 1 is 1.41 bits per heavy atom. The minimum Gasteiger partial charge on any atom is -0.493 e. The molecule has 0 aliphatic carbocycles. The third kappa shape index (κ3) is 3.70. The number of benzene rings is 1. The first kappa shape index (κ1) is 14.0. The van der Waals surface area contributed by atoms with Crippen LogP contribution in [0.4, 0.5) is 0 Å². The predicted molar refractivity (Wildman–Crippen MR) is 76.9 cm³/mol. The average molecular weight is 251 g/mol. The standard InChI is InChI=1S/C14H21NOS/c1-5-16-14-11(4)6-9(2)7-12(14)10(3)8-13(15)17/h6-7,10H,5,8H2,1-4H3,(H2,15,17). The molecule has 17 heavy (non-hydrogen) atoms. The maximum atomic E-state index is 5.74. The van der Waals surface area contributed by atoms with Crippen LogP contribution in [-0.4, -0.2) is 11.6 Å². The summed E-state index contributed by atoms with van der Waals surface area (Å²) in [5.41, 5.74) is 9.25. The van der Waals surface area contributed by atoms with Crippen molar-refractivity contribution in [1.29, 1.82) is 0 Å². The van der Waals surface area contributed by atoms with Gasteiger partial charge < -0.3 is 10.5 Å². The van der Waals surface area contributed by atoms with E-state index in [1.165, 1.54) is 16.7 Å². The van der Waals surface area contributed by atoms with E-state index in [0.29, 0.717) is 17.5 Å². The number of aryl methyl sites for hydroxylation is 2. The van der Waals surface area contributed by atoms with E-state index in [-0.39, 0.29) is 0 Å². The average Bonchev–Trinajstić information content (AvgIpc) is 2.20. The van der Waals surface area contributed by atoms with Gasteiger partial charge in [-0.25, -0.2) is 0 Å². The van der Waals surface area contributed by atoms with E-state index in [9.17, 15) is 0 Å². The van der Waals surface area contributed by atoms with Crippen molar-refractivity contribution in [3.8, 4) is 5.75 Å². The minimum absolute atomic E-state index is 0.299. The lowest BCUT2D eigenvalue weighted by molar-refractivity contribution is 0.332. The smallest absolute Gasteiger partial charge is 0.125 e. The Bertz CT molecular complexity index is 415. The summed E-state index contributed by atoms with van der Waals surface area (Å²) in [6.45, 7) is 8.99. The van der Waals surface area contributed by atoms with Crippen molar-refractivity contribution < 1.29 is 4.74 Å². The maximum Gasteiger partial charge on any atom is 0.125 e. The van der Waals surface area contributed by atoms with E-state index >= 15 is 0 Å². The molecule has 1 unspecified atom stereocenters. The van der Waals surface area contributed by atoms with Crippen molar-refractivity contribution in [2.24, 2.45) is 5.73 Å². The molecular weight excluding hydrogens is 230 g/mol. The zero-order valence-corrected chi connectivity index (χ0v) is 11.9. The molecule has 2 nitrogen and oxygen atoms in total. The lowest BCUT2D eigenvalue weighted by atomic mass is 9.93. The van der Waals surface area contributed by atoms with Gasteiger partial charge in [-0.1, -0.05) is 36.8 Å². The summed E-state index contributed by atoms with van der Waals surface area (Å²) < 4.78 is 5.74. The van der Waals surface area contributed by atoms with Crippen LogP contribution in [0.3, 0.4) is 0 Å². The lowest BCUT2D eigenvalue weighted by Gasteiger charge is -2.19. The van der Waals surface area contributed by atoms with E-state index in [1.807, 2.05) is 6.92 Å². The summed E-state index contributed by atoms with van der Waals surface area (Å²) >= 11 is 4.98. The molecule has 2 N–H and O–H groups in total. The van der Waals surface area contributed by atoms with Gasteiger partial charge in [-0.05, 0) is 37.8 Å². The highest BCUT2D eigenvalue weighted by Crippen LogP contribution is 2.33. The molecule has 0 aromatic heterocycles. The Morgan fingerprint density at radius 2 is 2.06 bits per heavy atom. The van der Waals surface area contributed by atoms with E-state index in [4.69, 9.17) is 22.7 Å². The highest BCUT2D eigenvalue weighted by atomic mass is 32.1. The second-order valence-corrected chi connectivity index (χ2v) is 5.03. The van der Waals surface area contributed by atoms with Crippen LogP contribution in [0.15, 0.2) is 12.1 Å². The molecule has 0 heterocycles. The van der Waals surface area contributed by atoms with E-state index < -0.39 is 0 Å². The van der Waals surface area contributed by atoms with Crippen LogP contribution in [0.5, 0.6) is 5.75 Å². The van der Waals surface area contributed by atoms with Crippen molar-refractivity contribution in [2.45, 2.75) is 40.0 Å². The molecule has 0 aliphatic rings. The molecule has 0 amide bonds.